The summed E-state index contributed by atoms with van der Waals surface area (Å²) in [5.74, 6) is 0.850. The van der Waals surface area contributed by atoms with E-state index < -0.39 is 0 Å². The Morgan fingerprint density at radius 3 is 3.05 bits per heavy atom. The summed E-state index contributed by atoms with van der Waals surface area (Å²) >= 11 is 0. The minimum atomic E-state index is 0.0657. The largest absolute Gasteiger partial charge is 0.497 e. The molecule has 2 saturated heterocycles. The molecule has 2 fully saturated rings. The molecule has 2 aliphatic rings. The van der Waals surface area contributed by atoms with Crippen LogP contribution in [-0.2, 0) is 4.74 Å². The summed E-state index contributed by atoms with van der Waals surface area (Å²) in [4.78, 5) is 17.7. The van der Waals surface area contributed by atoms with Gasteiger partial charge in [-0.1, -0.05) is 0 Å². The van der Waals surface area contributed by atoms with E-state index in [-0.39, 0.29) is 18.1 Å². The van der Waals surface area contributed by atoms with Crippen molar-refractivity contribution in [3.05, 3.63) is 30.0 Å². The number of carbonyl (C=O) groups excluding carboxylic acids is 1. The summed E-state index contributed by atoms with van der Waals surface area (Å²) in [6, 6.07) is 7.92. The summed E-state index contributed by atoms with van der Waals surface area (Å²) in [6.07, 6.45) is 1.20. The molecule has 1 amide bonds. The van der Waals surface area contributed by atoms with Gasteiger partial charge in [0, 0.05) is 23.5 Å². The Labute approximate surface area is 116 Å². The van der Waals surface area contributed by atoms with Gasteiger partial charge in [-0.25, -0.2) is 0 Å². The summed E-state index contributed by atoms with van der Waals surface area (Å²) in [5.41, 5.74) is 1.56. The second kappa shape index (κ2) is 4.24. The maximum absolute atomic E-state index is 12.6. The van der Waals surface area contributed by atoms with Gasteiger partial charge in [0.2, 0.25) is 0 Å². The van der Waals surface area contributed by atoms with Crippen molar-refractivity contribution in [1.82, 2.24) is 9.88 Å². The zero-order valence-corrected chi connectivity index (χ0v) is 11.3. The van der Waals surface area contributed by atoms with Crippen molar-refractivity contribution in [2.75, 3.05) is 20.3 Å². The van der Waals surface area contributed by atoms with Crippen LogP contribution in [0.4, 0.5) is 0 Å². The summed E-state index contributed by atoms with van der Waals surface area (Å²) in [7, 11) is 1.64. The highest BCUT2D eigenvalue weighted by Crippen LogP contribution is 2.30. The van der Waals surface area contributed by atoms with E-state index in [1.165, 1.54) is 0 Å². The van der Waals surface area contributed by atoms with Gasteiger partial charge in [0.1, 0.15) is 11.4 Å². The summed E-state index contributed by atoms with van der Waals surface area (Å²) in [6.45, 7) is 1.38. The van der Waals surface area contributed by atoms with Gasteiger partial charge in [-0.3, -0.25) is 4.79 Å². The van der Waals surface area contributed by atoms with Crippen molar-refractivity contribution < 1.29 is 14.3 Å². The number of nitrogens with zero attached hydrogens (tertiary/aromatic N) is 1. The number of H-pyrrole nitrogens is 1. The average Bonchev–Trinajstić information content (AvgIpc) is 3.19. The number of morpholine rings is 1. The highest BCUT2D eigenvalue weighted by Gasteiger charge is 2.41. The molecule has 2 aromatic rings. The Morgan fingerprint density at radius 1 is 1.45 bits per heavy atom. The molecule has 5 nitrogen and oxygen atoms in total. The van der Waals surface area contributed by atoms with Gasteiger partial charge in [-0.2, -0.15) is 0 Å². The predicted molar refractivity (Wildman–Crippen MR) is 74.0 cm³/mol. The fraction of sp³-hybridized carbons (Fsp3) is 0.400. The molecule has 1 aromatic heterocycles. The molecule has 1 N–H and O–H groups in total. The van der Waals surface area contributed by atoms with Gasteiger partial charge in [-0.05, 0) is 24.6 Å². The van der Waals surface area contributed by atoms with Crippen molar-refractivity contribution >= 4 is 16.8 Å². The van der Waals surface area contributed by atoms with Crippen LogP contribution in [-0.4, -0.2) is 48.2 Å². The van der Waals surface area contributed by atoms with Crippen LogP contribution in [0, 0.1) is 0 Å². The van der Waals surface area contributed by atoms with E-state index in [4.69, 9.17) is 9.47 Å². The van der Waals surface area contributed by atoms with E-state index in [9.17, 15) is 4.79 Å². The number of nitrogens with one attached hydrogen (secondary N) is 1. The number of likely N-dealkylation sites (tertiary alicyclic amines) is 1. The van der Waals surface area contributed by atoms with Crippen LogP contribution in [0.5, 0.6) is 5.75 Å². The monoisotopic (exact) mass is 272 g/mol. The molecular weight excluding hydrogens is 256 g/mol. The Bertz CT molecular complexity index is 679. The molecule has 20 heavy (non-hydrogen) atoms. The number of carbonyl (C=O) groups is 1. The molecule has 1 aromatic carbocycles. The molecule has 2 aliphatic heterocycles. The lowest BCUT2D eigenvalue weighted by Gasteiger charge is -2.26. The van der Waals surface area contributed by atoms with E-state index in [0.717, 1.165) is 23.1 Å². The van der Waals surface area contributed by atoms with E-state index >= 15 is 0 Å². The lowest BCUT2D eigenvalue weighted by Crippen LogP contribution is -2.41. The van der Waals surface area contributed by atoms with Gasteiger partial charge in [0.15, 0.2) is 0 Å². The third-order valence-electron chi connectivity index (χ3n) is 4.22. The van der Waals surface area contributed by atoms with Crippen molar-refractivity contribution in [3.63, 3.8) is 0 Å². The van der Waals surface area contributed by atoms with Gasteiger partial charge >= 0.3 is 0 Å². The zero-order valence-electron chi connectivity index (χ0n) is 11.3. The number of fused-ring (bicyclic) bond motifs is 3. The van der Waals surface area contributed by atoms with E-state index in [1.807, 2.05) is 29.2 Å². The number of aromatic amines is 1. The molecule has 3 heterocycles. The Hall–Kier alpha value is -2.01. The normalized spacial score (nSPS) is 24.6. The van der Waals surface area contributed by atoms with Crippen LogP contribution in [0.3, 0.4) is 0 Å². The van der Waals surface area contributed by atoms with Crippen molar-refractivity contribution in [1.29, 1.82) is 0 Å². The maximum Gasteiger partial charge on any atom is 0.270 e. The summed E-state index contributed by atoms with van der Waals surface area (Å²) in [5, 5.41) is 1.02. The molecule has 0 saturated carbocycles. The first-order chi connectivity index (χ1) is 9.74. The standard InChI is InChI=1S/C15H16N2O3/c1-19-11-3-2-9-4-14(16-13(9)6-11)15(18)17-7-12-5-10(17)8-20-12/h2-4,6,10,12,16H,5,7-8H2,1H3. The number of benzene rings is 1. The zero-order chi connectivity index (χ0) is 13.7. The Kier molecular flexibility index (Phi) is 2.50. The third-order valence-corrected chi connectivity index (χ3v) is 4.22. The lowest BCUT2D eigenvalue weighted by atomic mass is 10.2. The molecule has 2 atom stereocenters. The van der Waals surface area contributed by atoms with Crippen molar-refractivity contribution in [2.45, 2.75) is 18.6 Å². The highest BCUT2D eigenvalue weighted by atomic mass is 16.5. The van der Waals surface area contributed by atoms with E-state index in [2.05, 4.69) is 4.98 Å². The van der Waals surface area contributed by atoms with Gasteiger partial charge < -0.3 is 19.4 Å². The van der Waals surface area contributed by atoms with Gasteiger partial charge in [-0.15, -0.1) is 0 Å². The number of methoxy groups -OCH3 is 1. The van der Waals surface area contributed by atoms with Crippen LogP contribution < -0.4 is 4.74 Å². The predicted octanol–water partition coefficient (Wildman–Crippen LogP) is 1.79. The van der Waals surface area contributed by atoms with Crippen LogP contribution >= 0.6 is 0 Å². The molecule has 104 valence electrons. The van der Waals surface area contributed by atoms with Crippen LogP contribution in [0.25, 0.3) is 10.9 Å². The first-order valence-corrected chi connectivity index (χ1v) is 6.84. The van der Waals surface area contributed by atoms with Crippen molar-refractivity contribution in [2.24, 2.45) is 0 Å². The molecule has 2 bridgehead atoms. The van der Waals surface area contributed by atoms with Crippen LogP contribution in [0.1, 0.15) is 16.9 Å². The highest BCUT2D eigenvalue weighted by molar-refractivity contribution is 5.98. The fourth-order valence-corrected chi connectivity index (χ4v) is 3.15. The SMILES string of the molecule is COc1ccc2cc(C(=O)N3CC4CC3CO4)[nH]c2c1. The number of rotatable bonds is 2. The molecule has 0 radical (unpaired) electrons. The van der Waals surface area contributed by atoms with Crippen molar-refractivity contribution in [3.8, 4) is 5.75 Å². The topological polar surface area (TPSA) is 54.6 Å². The summed E-state index contributed by atoms with van der Waals surface area (Å²) < 4.78 is 10.7. The number of aromatic nitrogens is 1. The smallest absolute Gasteiger partial charge is 0.270 e. The van der Waals surface area contributed by atoms with Crippen LogP contribution in [0.2, 0.25) is 0 Å². The minimum Gasteiger partial charge on any atom is -0.497 e. The number of hydrogen-bond donors (Lipinski definition) is 1. The minimum absolute atomic E-state index is 0.0657. The number of amides is 1. The van der Waals surface area contributed by atoms with Crippen LogP contribution in [0.15, 0.2) is 24.3 Å². The molecule has 4 rings (SSSR count). The number of hydrogen-bond acceptors (Lipinski definition) is 3. The fourth-order valence-electron chi connectivity index (χ4n) is 3.15. The average molecular weight is 272 g/mol. The maximum atomic E-state index is 12.6. The Balaban J connectivity index is 1.66. The second-order valence-electron chi connectivity index (χ2n) is 5.44. The Morgan fingerprint density at radius 2 is 2.35 bits per heavy atom. The molecule has 0 aliphatic carbocycles. The van der Waals surface area contributed by atoms with Gasteiger partial charge in [0.05, 0.1) is 25.9 Å². The van der Waals surface area contributed by atoms with E-state index in [1.54, 1.807) is 7.11 Å². The number of ether oxygens (including phenoxy) is 2. The molecule has 2 unspecified atom stereocenters. The third kappa shape index (κ3) is 1.70. The molecule has 0 spiro atoms. The first kappa shape index (κ1) is 11.8. The second-order valence-corrected chi connectivity index (χ2v) is 5.44. The lowest BCUT2D eigenvalue weighted by molar-refractivity contribution is 0.0256. The molecular formula is C15H16N2O3. The first-order valence-electron chi connectivity index (χ1n) is 6.84. The van der Waals surface area contributed by atoms with Gasteiger partial charge in [0.25, 0.3) is 5.91 Å². The quantitative estimate of drug-likeness (QED) is 0.906. The molecule has 5 heteroatoms. The van der Waals surface area contributed by atoms with E-state index in [0.29, 0.717) is 18.8 Å².